The molecule has 1 aromatic rings. The van der Waals surface area contributed by atoms with Crippen molar-refractivity contribution in [2.24, 2.45) is 5.92 Å². The third-order valence-corrected chi connectivity index (χ3v) is 3.47. The molecule has 0 heterocycles. The second kappa shape index (κ2) is 5.65. The van der Waals surface area contributed by atoms with Crippen LogP contribution in [0.1, 0.15) is 36.3 Å². The van der Waals surface area contributed by atoms with Gasteiger partial charge < -0.3 is 9.84 Å². The van der Waals surface area contributed by atoms with Gasteiger partial charge in [-0.3, -0.25) is 4.79 Å². The number of carboxylic acids is 1. The van der Waals surface area contributed by atoms with Crippen molar-refractivity contribution in [3.63, 3.8) is 0 Å². The number of aliphatic carboxylic acids is 1. The molecule has 2 rings (SSSR count). The maximum atomic E-state index is 13.8. The van der Waals surface area contributed by atoms with Crippen molar-refractivity contribution < 1.29 is 23.4 Å². The number of halogens is 2. The van der Waals surface area contributed by atoms with Gasteiger partial charge in [0.1, 0.15) is 11.6 Å². The summed E-state index contributed by atoms with van der Waals surface area (Å²) < 4.78 is 32.4. The monoisotopic (exact) mass is 270 g/mol. The topological polar surface area (TPSA) is 46.5 Å². The van der Waals surface area contributed by atoms with Gasteiger partial charge in [0, 0.05) is 12.7 Å². The van der Waals surface area contributed by atoms with Crippen molar-refractivity contribution in [2.45, 2.75) is 31.8 Å². The van der Waals surface area contributed by atoms with Crippen LogP contribution in [0.3, 0.4) is 0 Å². The van der Waals surface area contributed by atoms with Gasteiger partial charge >= 0.3 is 5.97 Å². The molecule has 0 saturated heterocycles. The molecule has 1 aromatic carbocycles. The van der Waals surface area contributed by atoms with Gasteiger partial charge in [-0.1, -0.05) is 0 Å². The first kappa shape index (κ1) is 13.9. The Balaban J connectivity index is 2.30. The van der Waals surface area contributed by atoms with Gasteiger partial charge in [-0.25, -0.2) is 8.78 Å². The van der Waals surface area contributed by atoms with Crippen LogP contribution in [-0.2, 0) is 16.1 Å². The number of hydrogen-bond donors (Lipinski definition) is 1. The van der Waals surface area contributed by atoms with Crippen LogP contribution in [0.15, 0.2) is 12.1 Å². The van der Waals surface area contributed by atoms with Gasteiger partial charge in [0.2, 0.25) is 0 Å². The molecule has 0 aliphatic heterocycles. The number of hydrogen-bond acceptors (Lipinski definition) is 2. The standard InChI is InChI=1S/C14H16F2O3/c1-19-7-11-12(15)4-9(5-13(11)16)10(6-14(17)18)8-2-3-8/h4-5,8,10H,2-3,6-7H2,1H3,(H,17,18). The van der Waals surface area contributed by atoms with Gasteiger partial charge in [-0.15, -0.1) is 0 Å². The lowest BCUT2D eigenvalue weighted by atomic mass is 9.90. The van der Waals surface area contributed by atoms with Crippen molar-refractivity contribution in [3.8, 4) is 0 Å². The van der Waals surface area contributed by atoms with Gasteiger partial charge in [0.15, 0.2) is 0 Å². The molecule has 0 radical (unpaired) electrons. The third-order valence-electron chi connectivity index (χ3n) is 3.47. The zero-order valence-corrected chi connectivity index (χ0v) is 10.7. The average Bonchev–Trinajstić information content (AvgIpc) is 3.14. The Morgan fingerprint density at radius 1 is 1.42 bits per heavy atom. The molecule has 1 unspecified atom stereocenters. The van der Waals surface area contributed by atoms with E-state index in [0.29, 0.717) is 5.56 Å². The largest absolute Gasteiger partial charge is 0.481 e. The number of carbonyl (C=O) groups is 1. The van der Waals surface area contributed by atoms with Crippen LogP contribution < -0.4 is 0 Å². The molecule has 1 aliphatic rings. The molecule has 0 spiro atoms. The summed E-state index contributed by atoms with van der Waals surface area (Å²) in [7, 11) is 1.37. The molecular formula is C14H16F2O3. The van der Waals surface area contributed by atoms with Crippen LogP contribution in [-0.4, -0.2) is 18.2 Å². The first-order valence-electron chi connectivity index (χ1n) is 6.21. The summed E-state index contributed by atoms with van der Waals surface area (Å²) >= 11 is 0. The number of rotatable bonds is 6. The smallest absolute Gasteiger partial charge is 0.303 e. The highest BCUT2D eigenvalue weighted by Crippen LogP contribution is 2.45. The van der Waals surface area contributed by atoms with E-state index in [0.717, 1.165) is 12.8 Å². The van der Waals surface area contributed by atoms with E-state index in [1.807, 2.05) is 0 Å². The van der Waals surface area contributed by atoms with Gasteiger partial charge in [0.05, 0.1) is 13.0 Å². The van der Waals surface area contributed by atoms with Crippen LogP contribution in [0.2, 0.25) is 0 Å². The Bertz CT molecular complexity index is 461. The zero-order valence-electron chi connectivity index (χ0n) is 10.7. The molecule has 104 valence electrons. The summed E-state index contributed by atoms with van der Waals surface area (Å²) in [6.45, 7) is -0.134. The highest BCUT2D eigenvalue weighted by Gasteiger charge is 2.34. The molecule has 1 atom stereocenters. The molecular weight excluding hydrogens is 254 g/mol. The SMILES string of the molecule is COCc1c(F)cc(C(CC(=O)O)C2CC2)cc1F. The molecule has 1 N–H and O–H groups in total. The van der Waals surface area contributed by atoms with Crippen LogP contribution in [0.5, 0.6) is 0 Å². The number of benzene rings is 1. The minimum atomic E-state index is -0.946. The van der Waals surface area contributed by atoms with Crippen LogP contribution in [0, 0.1) is 17.6 Å². The second-order valence-electron chi connectivity index (χ2n) is 4.94. The Labute approximate surface area is 110 Å². The van der Waals surface area contributed by atoms with Crippen molar-refractivity contribution in [2.75, 3.05) is 7.11 Å². The van der Waals surface area contributed by atoms with Crippen molar-refractivity contribution in [1.29, 1.82) is 0 Å². The van der Waals surface area contributed by atoms with E-state index in [1.165, 1.54) is 19.2 Å². The Kier molecular flexibility index (Phi) is 4.14. The lowest BCUT2D eigenvalue weighted by Gasteiger charge is -2.16. The lowest BCUT2D eigenvalue weighted by Crippen LogP contribution is -2.10. The maximum Gasteiger partial charge on any atom is 0.303 e. The number of carboxylic acid groups (broad SMARTS) is 1. The fraction of sp³-hybridized carbons (Fsp3) is 0.500. The van der Waals surface area contributed by atoms with Crippen LogP contribution >= 0.6 is 0 Å². The predicted molar refractivity (Wildman–Crippen MR) is 64.8 cm³/mol. The van der Waals surface area contributed by atoms with Gasteiger partial charge in [-0.2, -0.15) is 0 Å². The third kappa shape index (κ3) is 3.29. The van der Waals surface area contributed by atoms with Crippen molar-refractivity contribution >= 4 is 5.97 Å². The minimum absolute atomic E-state index is 0.0901. The van der Waals surface area contributed by atoms with Crippen molar-refractivity contribution in [1.82, 2.24) is 0 Å². The molecule has 1 fully saturated rings. The normalized spacial score (nSPS) is 16.4. The Morgan fingerprint density at radius 2 is 2.00 bits per heavy atom. The van der Waals surface area contributed by atoms with E-state index < -0.39 is 17.6 Å². The second-order valence-corrected chi connectivity index (χ2v) is 4.94. The van der Waals surface area contributed by atoms with E-state index in [4.69, 9.17) is 9.84 Å². The predicted octanol–water partition coefficient (Wildman–Crippen LogP) is 3.08. The maximum absolute atomic E-state index is 13.8. The number of ether oxygens (including phenoxy) is 1. The first-order chi connectivity index (χ1) is 9.02. The minimum Gasteiger partial charge on any atom is -0.481 e. The quantitative estimate of drug-likeness (QED) is 0.864. The van der Waals surface area contributed by atoms with Gasteiger partial charge in [-0.05, 0) is 42.4 Å². The van der Waals surface area contributed by atoms with E-state index >= 15 is 0 Å². The molecule has 0 bridgehead atoms. The highest BCUT2D eigenvalue weighted by atomic mass is 19.1. The molecule has 5 heteroatoms. The summed E-state index contributed by atoms with van der Waals surface area (Å²) in [5.74, 6) is -2.37. The van der Waals surface area contributed by atoms with Gasteiger partial charge in [0.25, 0.3) is 0 Å². The van der Waals surface area contributed by atoms with E-state index in [1.54, 1.807) is 0 Å². The van der Waals surface area contributed by atoms with Crippen LogP contribution in [0.4, 0.5) is 8.78 Å². The Morgan fingerprint density at radius 3 is 2.42 bits per heavy atom. The highest BCUT2D eigenvalue weighted by molar-refractivity contribution is 5.68. The zero-order chi connectivity index (χ0) is 14.0. The fourth-order valence-corrected chi connectivity index (χ4v) is 2.36. The average molecular weight is 270 g/mol. The van der Waals surface area contributed by atoms with E-state index in [9.17, 15) is 13.6 Å². The molecule has 3 nitrogen and oxygen atoms in total. The Hall–Kier alpha value is -1.49. The van der Waals surface area contributed by atoms with Crippen LogP contribution in [0.25, 0.3) is 0 Å². The van der Waals surface area contributed by atoms with E-state index in [-0.39, 0.29) is 30.4 Å². The van der Waals surface area contributed by atoms with E-state index in [2.05, 4.69) is 0 Å². The summed E-state index contributed by atoms with van der Waals surface area (Å²) in [5, 5.41) is 8.89. The molecule has 19 heavy (non-hydrogen) atoms. The molecule has 1 saturated carbocycles. The van der Waals surface area contributed by atoms with Crippen molar-refractivity contribution in [3.05, 3.63) is 34.9 Å². The number of methoxy groups -OCH3 is 1. The summed E-state index contributed by atoms with van der Waals surface area (Å²) in [4.78, 5) is 10.8. The summed E-state index contributed by atoms with van der Waals surface area (Å²) in [6.07, 6.45) is 1.75. The lowest BCUT2D eigenvalue weighted by molar-refractivity contribution is -0.137. The fourth-order valence-electron chi connectivity index (χ4n) is 2.36. The molecule has 1 aliphatic carbocycles. The molecule has 0 amide bonds. The first-order valence-corrected chi connectivity index (χ1v) is 6.21. The molecule has 0 aromatic heterocycles. The summed E-state index contributed by atoms with van der Waals surface area (Å²) in [5.41, 5.74) is 0.316. The summed E-state index contributed by atoms with van der Waals surface area (Å²) in [6, 6.07) is 2.48.